The van der Waals surface area contributed by atoms with Crippen LogP contribution < -0.4 is 0 Å². The molecule has 0 bridgehead atoms. The van der Waals surface area contributed by atoms with Crippen LogP contribution in [0.3, 0.4) is 0 Å². The van der Waals surface area contributed by atoms with Gasteiger partial charge in [0.25, 0.3) is 0 Å². The number of halogens is 1. The van der Waals surface area contributed by atoms with Crippen molar-refractivity contribution in [1.29, 1.82) is 5.26 Å². The first kappa shape index (κ1) is 17.1. The van der Waals surface area contributed by atoms with Gasteiger partial charge in [0, 0.05) is 33.5 Å². The van der Waals surface area contributed by atoms with Crippen molar-refractivity contribution >= 4 is 39.2 Å². The fourth-order valence-corrected chi connectivity index (χ4v) is 5.03. The molecule has 0 saturated heterocycles. The van der Waals surface area contributed by atoms with Crippen LogP contribution in [0.15, 0.2) is 52.2 Å². The number of nitrogens with zero attached hydrogens (tertiary/aromatic N) is 3. The quantitative estimate of drug-likeness (QED) is 0.650. The number of thioether (sulfide) groups is 1. The highest BCUT2D eigenvalue weighted by atomic mass is 79.9. The van der Waals surface area contributed by atoms with Crippen LogP contribution >= 0.6 is 27.7 Å². The van der Waals surface area contributed by atoms with Crippen molar-refractivity contribution in [3.05, 3.63) is 52.9 Å². The van der Waals surface area contributed by atoms with Gasteiger partial charge in [-0.1, -0.05) is 0 Å². The van der Waals surface area contributed by atoms with E-state index >= 15 is 0 Å². The summed E-state index contributed by atoms with van der Waals surface area (Å²) in [5.74, 6) is -0.759. The highest BCUT2D eigenvalue weighted by molar-refractivity contribution is 9.10. The Morgan fingerprint density at radius 2 is 2.19 bits per heavy atom. The van der Waals surface area contributed by atoms with E-state index in [1.54, 1.807) is 18.5 Å². The molecule has 0 atom stereocenters. The number of rotatable bonds is 4. The summed E-state index contributed by atoms with van der Waals surface area (Å²) in [4.78, 5) is 16.9. The van der Waals surface area contributed by atoms with Gasteiger partial charge >= 0.3 is 5.97 Å². The fraction of sp³-hybridized carbons (Fsp3) is 0.211. The van der Waals surface area contributed by atoms with E-state index in [1.165, 1.54) is 11.8 Å². The smallest absolute Gasteiger partial charge is 0.320 e. The van der Waals surface area contributed by atoms with E-state index in [1.807, 2.05) is 28.8 Å². The predicted octanol–water partition coefficient (Wildman–Crippen LogP) is 4.73. The molecule has 3 aromatic heterocycles. The molecule has 0 amide bonds. The summed E-state index contributed by atoms with van der Waals surface area (Å²) in [7, 11) is 0. The minimum atomic E-state index is -0.759. The molecule has 1 fully saturated rings. The van der Waals surface area contributed by atoms with Gasteiger partial charge in [-0.15, -0.1) is 11.8 Å². The largest absolute Gasteiger partial charge is 0.480 e. The lowest BCUT2D eigenvalue weighted by atomic mass is 9.84. The molecule has 7 heteroatoms. The van der Waals surface area contributed by atoms with Crippen molar-refractivity contribution in [2.45, 2.75) is 28.9 Å². The number of fused-ring (bicyclic) bond motifs is 1. The average Bonchev–Trinajstić information content (AvgIpc) is 2.98. The molecular formula is C19H14BrN3O2S. The number of nitriles is 1. The second-order valence-electron chi connectivity index (χ2n) is 6.28. The molecule has 3 heterocycles. The van der Waals surface area contributed by atoms with Gasteiger partial charge in [-0.25, -0.2) is 0 Å². The number of carboxylic acids is 1. The van der Waals surface area contributed by atoms with Crippen LogP contribution in [-0.4, -0.2) is 25.2 Å². The van der Waals surface area contributed by atoms with Crippen LogP contribution in [0.5, 0.6) is 0 Å². The second kappa shape index (κ2) is 6.45. The van der Waals surface area contributed by atoms with Gasteiger partial charge < -0.3 is 9.51 Å². The number of carbonyl (C=O) groups is 1. The molecule has 0 aromatic carbocycles. The Morgan fingerprint density at radius 1 is 1.38 bits per heavy atom. The van der Waals surface area contributed by atoms with Crippen LogP contribution in [0.2, 0.25) is 0 Å². The lowest BCUT2D eigenvalue weighted by molar-refractivity contribution is -0.142. The van der Waals surface area contributed by atoms with Gasteiger partial charge in [0.05, 0.1) is 16.8 Å². The molecule has 1 aliphatic rings. The first-order chi connectivity index (χ1) is 12.5. The Hall–Kier alpha value is -2.30. The maximum Gasteiger partial charge on any atom is 0.320 e. The molecular weight excluding hydrogens is 414 g/mol. The second-order valence-corrected chi connectivity index (χ2v) is 8.63. The summed E-state index contributed by atoms with van der Waals surface area (Å²) in [6.45, 7) is 0. The molecule has 1 saturated carbocycles. The SMILES string of the molecule is N#Cc1ccc(-c2cnccc2SC2(C(=O)O)CCC2)n2cc(Br)cc12. The van der Waals surface area contributed by atoms with E-state index in [4.69, 9.17) is 0 Å². The number of hydrogen-bond donors (Lipinski definition) is 1. The third kappa shape index (κ3) is 2.70. The topological polar surface area (TPSA) is 78.4 Å². The maximum absolute atomic E-state index is 11.8. The molecule has 0 unspecified atom stereocenters. The van der Waals surface area contributed by atoms with Gasteiger partial charge in [-0.05, 0) is 59.5 Å². The number of hydrogen-bond acceptors (Lipinski definition) is 4. The lowest BCUT2D eigenvalue weighted by Crippen LogP contribution is -2.41. The summed E-state index contributed by atoms with van der Waals surface area (Å²) >= 11 is 4.88. The summed E-state index contributed by atoms with van der Waals surface area (Å²) < 4.78 is 2.07. The van der Waals surface area contributed by atoms with E-state index in [0.717, 1.165) is 32.6 Å². The van der Waals surface area contributed by atoms with E-state index < -0.39 is 10.7 Å². The molecule has 1 N–H and O–H groups in total. The van der Waals surface area contributed by atoms with Gasteiger partial charge in [0.15, 0.2) is 0 Å². The zero-order valence-electron chi connectivity index (χ0n) is 13.6. The van der Waals surface area contributed by atoms with Gasteiger partial charge in [-0.2, -0.15) is 5.26 Å². The third-order valence-corrected chi connectivity index (χ3v) is 6.75. The Kier molecular flexibility index (Phi) is 4.25. The number of pyridine rings is 2. The van der Waals surface area contributed by atoms with Crippen LogP contribution in [0.1, 0.15) is 24.8 Å². The minimum Gasteiger partial charge on any atom is -0.480 e. The highest BCUT2D eigenvalue weighted by Crippen LogP contribution is 2.49. The molecule has 1 aliphatic carbocycles. The Balaban J connectivity index is 1.87. The first-order valence-corrected chi connectivity index (χ1v) is 9.72. The van der Waals surface area contributed by atoms with Gasteiger partial charge in [-0.3, -0.25) is 9.78 Å². The van der Waals surface area contributed by atoms with Crippen molar-refractivity contribution in [3.63, 3.8) is 0 Å². The third-order valence-electron chi connectivity index (χ3n) is 4.76. The monoisotopic (exact) mass is 427 g/mol. The summed E-state index contributed by atoms with van der Waals surface area (Å²) in [6, 6.07) is 9.64. The van der Waals surface area contributed by atoms with Crippen molar-refractivity contribution < 1.29 is 9.90 Å². The number of carboxylic acid groups (broad SMARTS) is 1. The summed E-state index contributed by atoms with van der Waals surface area (Å²) in [6.07, 6.45) is 7.63. The standard InChI is InChI=1S/C19H14BrN3O2S/c20-13-8-16-12(9-21)2-3-15(23(16)11-13)14-10-22-7-4-17(14)26-19(18(24)25)5-1-6-19/h2-4,7-8,10-11H,1,5-6H2,(H,24,25). The summed E-state index contributed by atoms with van der Waals surface area (Å²) in [5, 5.41) is 19.0. The van der Waals surface area contributed by atoms with Crippen LogP contribution in [0.25, 0.3) is 16.8 Å². The van der Waals surface area contributed by atoms with Crippen LogP contribution in [-0.2, 0) is 4.79 Å². The highest BCUT2D eigenvalue weighted by Gasteiger charge is 2.45. The van der Waals surface area contributed by atoms with Crippen molar-refractivity contribution in [2.24, 2.45) is 0 Å². The Bertz CT molecular complexity index is 1070. The van der Waals surface area contributed by atoms with Crippen LogP contribution in [0, 0.1) is 11.3 Å². The fourth-order valence-electron chi connectivity index (χ4n) is 3.21. The lowest BCUT2D eigenvalue weighted by Gasteiger charge is -2.37. The molecule has 26 heavy (non-hydrogen) atoms. The zero-order valence-corrected chi connectivity index (χ0v) is 16.0. The molecule has 0 radical (unpaired) electrons. The minimum absolute atomic E-state index is 0.582. The van der Waals surface area contributed by atoms with E-state index in [2.05, 4.69) is 27.0 Å². The molecule has 0 spiro atoms. The molecule has 4 rings (SSSR count). The summed E-state index contributed by atoms with van der Waals surface area (Å²) in [5.41, 5.74) is 3.12. The Morgan fingerprint density at radius 3 is 2.85 bits per heavy atom. The van der Waals surface area contributed by atoms with E-state index in [0.29, 0.717) is 18.4 Å². The molecule has 130 valence electrons. The number of aromatic nitrogens is 2. The molecule has 5 nitrogen and oxygen atoms in total. The average molecular weight is 428 g/mol. The van der Waals surface area contributed by atoms with E-state index in [-0.39, 0.29) is 0 Å². The van der Waals surface area contributed by atoms with Gasteiger partial charge in [0.1, 0.15) is 10.8 Å². The Labute approximate surface area is 162 Å². The van der Waals surface area contributed by atoms with Gasteiger partial charge in [0.2, 0.25) is 0 Å². The molecule has 3 aromatic rings. The maximum atomic E-state index is 11.8. The van der Waals surface area contributed by atoms with Crippen LogP contribution in [0.4, 0.5) is 0 Å². The first-order valence-electron chi connectivity index (χ1n) is 8.11. The van der Waals surface area contributed by atoms with Crippen molar-refractivity contribution in [1.82, 2.24) is 9.38 Å². The predicted molar refractivity (Wildman–Crippen MR) is 103 cm³/mol. The van der Waals surface area contributed by atoms with E-state index in [9.17, 15) is 15.2 Å². The zero-order chi connectivity index (χ0) is 18.3. The molecule has 0 aliphatic heterocycles. The van der Waals surface area contributed by atoms with Crippen molar-refractivity contribution in [3.8, 4) is 17.3 Å². The van der Waals surface area contributed by atoms with Crippen molar-refractivity contribution in [2.75, 3.05) is 0 Å². The normalized spacial score (nSPS) is 15.4. The number of aliphatic carboxylic acids is 1.